The van der Waals surface area contributed by atoms with Crippen LogP contribution in [0.1, 0.15) is 0 Å². The zero-order chi connectivity index (χ0) is 14.1. The van der Waals surface area contributed by atoms with Gasteiger partial charge in [-0.1, -0.05) is 0 Å². The van der Waals surface area contributed by atoms with Crippen molar-refractivity contribution >= 4 is 21.7 Å². The van der Waals surface area contributed by atoms with Crippen LogP contribution in [0.3, 0.4) is 0 Å². The standard InChI is InChI=1S/C9H17N5O3S/c1-12(2)7(15)5-14(4)18(16,17)9-8(10)11-6-13(9)3/h6H,5,10H2,1-4H3. The monoisotopic (exact) mass is 275 g/mol. The summed E-state index contributed by atoms with van der Waals surface area (Å²) in [5, 5.41) is -0.114. The Labute approximate surface area is 106 Å². The summed E-state index contributed by atoms with van der Waals surface area (Å²) in [6.45, 7) is -0.250. The van der Waals surface area contributed by atoms with E-state index in [1.807, 2.05) is 0 Å². The van der Waals surface area contributed by atoms with Crippen LogP contribution in [-0.4, -0.2) is 60.8 Å². The van der Waals surface area contributed by atoms with Gasteiger partial charge in [0.1, 0.15) is 0 Å². The maximum Gasteiger partial charge on any atom is 0.262 e. The summed E-state index contributed by atoms with van der Waals surface area (Å²) in [7, 11) is 2.14. The van der Waals surface area contributed by atoms with Crippen molar-refractivity contribution in [2.75, 3.05) is 33.4 Å². The van der Waals surface area contributed by atoms with E-state index < -0.39 is 10.0 Å². The number of nitrogens with two attached hydrogens (primary N) is 1. The SMILES string of the molecule is CN(C)C(=O)CN(C)S(=O)(=O)c1c(N)ncn1C. The van der Waals surface area contributed by atoms with Crippen molar-refractivity contribution in [3.05, 3.63) is 6.33 Å². The molecule has 0 radical (unpaired) electrons. The number of carbonyl (C=O) groups is 1. The van der Waals surface area contributed by atoms with Crippen molar-refractivity contribution in [1.82, 2.24) is 18.8 Å². The molecule has 1 heterocycles. The van der Waals surface area contributed by atoms with E-state index >= 15 is 0 Å². The second kappa shape index (κ2) is 4.94. The number of rotatable bonds is 4. The van der Waals surface area contributed by atoms with Gasteiger partial charge in [0.05, 0.1) is 12.9 Å². The fourth-order valence-electron chi connectivity index (χ4n) is 1.32. The molecule has 0 fully saturated rings. The molecular formula is C9H17N5O3S. The Morgan fingerprint density at radius 1 is 1.44 bits per heavy atom. The van der Waals surface area contributed by atoms with E-state index in [2.05, 4.69) is 4.98 Å². The van der Waals surface area contributed by atoms with E-state index in [-0.39, 0.29) is 23.3 Å². The lowest BCUT2D eigenvalue weighted by Crippen LogP contribution is -2.38. The first-order chi connectivity index (χ1) is 8.17. The summed E-state index contributed by atoms with van der Waals surface area (Å²) in [5.74, 6) is -0.400. The van der Waals surface area contributed by atoms with Crippen molar-refractivity contribution in [1.29, 1.82) is 0 Å². The van der Waals surface area contributed by atoms with Gasteiger partial charge in [0.25, 0.3) is 10.0 Å². The molecule has 0 aliphatic rings. The minimum Gasteiger partial charge on any atom is -0.381 e. The highest BCUT2D eigenvalue weighted by molar-refractivity contribution is 7.89. The lowest BCUT2D eigenvalue weighted by molar-refractivity contribution is -0.128. The quantitative estimate of drug-likeness (QED) is 0.736. The molecular weight excluding hydrogens is 258 g/mol. The number of aromatic nitrogens is 2. The molecule has 1 aromatic heterocycles. The molecule has 0 spiro atoms. The molecule has 0 aliphatic heterocycles. The van der Waals surface area contributed by atoms with E-state index in [0.717, 1.165) is 4.31 Å². The largest absolute Gasteiger partial charge is 0.381 e. The minimum atomic E-state index is -3.82. The molecule has 0 aromatic carbocycles. The summed E-state index contributed by atoms with van der Waals surface area (Å²) < 4.78 is 26.7. The van der Waals surface area contributed by atoms with Crippen molar-refractivity contribution in [2.24, 2.45) is 7.05 Å². The molecule has 8 nitrogen and oxygen atoms in total. The maximum atomic E-state index is 12.2. The Morgan fingerprint density at radius 3 is 2.39 bits per heavy atom. The Balaban J connectivity index is 3.05. The van der Waals surface area contributed by atoms with Crippen LogP contribution in [0.15, 0.2) is 11.4 Å². The second-order valence-electron chi connectivity index (χ2n) is 4.10. The number of sulfonamides is 1. The van der Waals surface area contributed by atoms with Crippen LogP contribution >= 0.6 is 0 Å². The second-order valence-corrected chi connectivity index (χ2v) is 6.06. The molecule has 0 aliphatic carbocycles. The van der Waals surface area contributed by atoms with E-state index in [1.165, 1.54) is 29.9 Å². The van der Waals surface area contributed by atoms with Crippen LogP contribution in [0, 0.1) is 0 Å². The van der Waals surface area contributed by atoms with Crippen LogP contribution in [0.25, 0.3) is 0 Å². The first-order valence-electron chi connectivity index (χ1n) is 5.11. The van der Waals surface area contributed by atoms with E-state index in [0.29, 0.717) is 0 Å². The summed E-state index contributed by atoms with van der Waals surface area (Å²) >= 11 is 0. The lowest BCUT2D eigenvalue weighted by Gasteiger charge is -2.19. The number of nitrogen functional groups attached to an aromatic ring is 1. The molecule has 1 aromatic rings. The number of aryl methyl sites for hydroxylation is 1. The average Bonchev–Trinajstić information content (AvgIpc) is 2.58. The highest BCUT2D eigenvalue weighted by atomic mass is 32.2. The van der Waals surface area contributed by atoms with Crippen molar-refractivity contribution < 1.29 is 13.2 Å². The third-order valence-corrected chi connectivity index (χ3v) is 4.36. The topological polar surface area (TPSA) is 102 Å². The molecule has 0 atom stereocenters. The highest BCUT2D eigenvalue weighted by Gasteiger charge is 2.28. The van der Waals surface area contributed by atoms with Gasteiger partial charge in [-0.2, -0.15) is 4.31 Å². The molecule has 2 N–H and O–H groups in total. The molecule has 0 unspecified atom stereocenters. The van der Waals surface area contributed by atoms with Gasteiger partial charge in [-0.25, -0.2) is 13.4 Å². The van der Waals surface area contributed by atoms with E-state index in [4.69, 9.17) is 5.73 Å². The van der Waals surface area contributed by atoms with Crippen LogP contribution in [0.4, 0.5) is 5.82 Å². The first-order valence-corrected chi connectivity index (χ1v) is 6.55. The number of carbonyl (C=O) groups excluding carboxylic acids is 1. The predicted octanol–water partition coefficient (Wildman–Crippen LogP) is -1.29. The first kappa shape index (κ1) is 14.5. The molecule has 0 saturated heterocycles. The fourth-order valence-corrected chi connectivity index (χ4v) is 2.62. The van der Waals surface area contributed by atoms with Gasteiger partial charge >= 0.3 is 0 Å². The van der Waals surface area contributed by atoms with Crippen LogP contribution in [0.2, 0.25) is 0 Å². The van der Waals surface area contributed by atoms with Gasteiger partial charge in [-0.05, 0) is 0 Å². The molecule has 18 heavy (non-hydrogen) atoms. The van der Waals surface area contributed by atoms with Gasteiger partial charge in [-0.15, -0.1) is 0 Å². The van der Waals surface area contributed by atoms with E-state index in [1.54, 1.807) is 14.1 Å². The van der Waals surface area contributed by atoms with Gasteiger partial charge in [-0.3, -0.25) is 4.79 Å². The molecule has 9 heteroatoms. The highest BCUT2D eigenvalue weighted by Crippen LogP contribution is 2.19. The van der Waals surface area contributed by atoms with Crippen LogP contribution < -0.4 is 5.73 Å². The minimum absolute atomic E-state index is 0.0818. The van der Waals surface area contributed by atoms with Crippen LogP contribution in [0.5, 0.6) is 0 Å². The number of nitrogens with zero attached hydrogens (tertiary/aromatic N) is 4. The fraction of sp³-hybridized carbons (Fsp3) is 0.556. The summed E-state index contributed by atoms with van der Waals surface area (Å²) in [6, 6.07) is 0. The third-order valence-electron chi connectivity index (χ3n) is 2.42. The molecule has 0 bridgehead atoms. The Bertz CT molecular complexity index is 529. The number of imidazole rings is 1. The number of amides is 1. The van der Waals surface area contributed by atoms with Gasteiger partial charge in [0.15, 0.2) is 10.8 Å². The summed E-state index contributed by atoms with van der Waals surface area (Å²) in [4.78, 5) is 16.5. The van der Waals surface area contributed by atoms with Gasteiger partial charge < -0.3 is 15.2 Å². The number of hydrogen-bond donors (Lipinski definition) is 1. The normalized spacial score (nSPS) is 11.8. The third kappa shape index (κ3) is 2.62. The van der Waals surface area contributed by atoms with Crippen molar-refractivity contribution in [3.8, 4) is 0 Å². The molecule has 0 saturated carbocycles. The smallest absolute Gasteiger partial charge is 0.262 e. The van der Waals surface area contributed by atoms with Gasteiger partial charge in [0, 0.05) is 28.2 Å². The lowest BCUT2D eigenvalue weighted by atomic mass is 10.5. The summed E-state index contributed by atoms with van der Waals surface area (Å²) in [5.41, 5.74) is 5.52. The number of anilines is 1. The Kier molecular flexibility index (Phi) is 3.97. The van der Waals surface area contributed by atoms with E-state index in [9.17, 15) is 13.2 Å². The Morgan fingerprint density at radius 2 is 2.00 bits per heavy atom. The molecule has 1 rings (SSSR count). The molecule has 102 valence electrons. The van der Waals surface area contributed by atoms with Gasteiger partial charge in [0.2, 0.25) is 5.91 Å². The maximum absolute atomic E-state index is 12.2. The van der Waals surface area contributed by atoms with Crippen molar-refractivity contribution in [3.63, 3.8) is 0 Å². The summed E-state index contributed by atoms with van der Waals surface area (Å²) in [6.07, 6.45) is 1.31. The average molecular weight is 275 g/mol. The van der Waals surface area contributed by atoms with Crippen molar-refractivity contribution in [2.45, 2.75) is 5.03 Å². The zero-order valence-electron chi connectivity index (χ0n) is 10.8. The number of hydrogen-bond acceptors (Lipinski definition) is 5. The number of likely N-dealkylation sites (N-methyl/N-ethyl adjacent to an activating group) is 2. The van der Waals surface area contributed by atoms with Crippen LogP contribution in [-0.2, 0) is 21.9 Å². The predicted molar refractivity (Wildman–Crippen MR) is 66.1 cm³/mol. The molecule has 1 amide bonds. The Hall–Kier alpha value is -1.61. The zero-order valence-corrected chi connectivity index (χ0v) is 11.6.